The number of rotatable bonds is 8. The average molecular weight is 445 g/mol. The fourth-order valence-electron chi connectivity index (χ4n) is 2.60. The third-order valence-corrected chi connectivity index (χ3v) is 4.52. The van der Waals surface area contributed by atoms with Gasteiger partial charge < -0.3 is 10.6 Å². The molecule has 0 spiro atoms. The Bertz CT molecular complexity index is 906. The van der Waals surface area contributed by atoms with Crippen LogP contribution in [0.15, 0.2) is 53.5 Å². The number of fused-ring (bicyclic) bond motifs is 1. The van der Waals surface area contributed by atoms with Crippen LogP contribution in [0.2, 0.25) is 5.02 Å². The predicted octanol–water partition coefficient (Wildman–Crippen LogP) is 3.47. The van der Waals surface area contributed by atoms with Crippen LogP contribution in [-0.2, 0) is 6.54 Å². The summed E-state index contributed by atoms with van der Waals surface area (Å²) in [6.45, 7) is 2.72. The van der Waals surface area contributed by atoms with Crippen LogP contribution >= 0.6 is 34.8 Å². The van der Waals surface area contributed by atoms with Gasteiger partial charge in [0.25, 0.3) is 0 Å². The van der Waals surface area contributed by atoms with E-state index in [1.165, 1.54) is 9.08 Å². The van der Waals surface area contributed by atoms with Crippen molar-refractivity contribution >= 4 is 46.1 Å². The molecule has 0 amide bonds. The maximum Gasteiger partial charge on any atom is 0.350 e. The SMILES string of the molecule is ClCCN(CCCl)c1cccc(Cl)c1.NCCCn1nc2ccccn2c1=O. The first kappa shape index (κ1) is 22.6. The van der Waals surface area contributed by atoms with Crippen LogP contribution < -0.4 is 16.3 Å². The van der Waals surface area contributed by atoms with Crippen molar-refractivity contribution in [1.29, 1.82) is 0 Å². The largest absolute Gasteiger partial charge is 0.369 e. The van der Waals surface area contributed by atoms with E-state index in [1.807, 2.05) is 36.4 Å². The van der Waals surface area contributed by atoms with E-state index in [9.17, 15) is 4.79 Å². The molecule has 3 rings (SSSR count). The normalized spacial score (nSPS) is 10.6. The van der Waals surface area contributed by atoms with Gasteiger partial charge in [-0.05, 0) is 43.3 Å². The Morgan fingerprint density at radius 2 is 1.82 bits per heavy atom. The Morgan fingerprint density at radius 3 is 2.43 bits per heavy atom. The van der Waals surface area contributed by atoms with Gasteiger partial charge in [0.1, 0.15) is 0 Å². The second kappa shape index (κ2) is 12.0. The predicted molar refractivity (Wildman–Crippen MR) is 118 cm³/mol. The summed E-state index contributed by atoms with van der Waals surface area (Å²) in [7, 11) is 0. The number of hydrogen-bond acceptors (Lipinski definition) is 4. The topological polar surface area (TPSA) is 68.6 Å². The molecular formula is C19H24Cl3N5O. The van der Waals surface area contributed by atoms with Crippen LogP contribution in [0.25, 0.3) is 5.65 Å². The Kier molecular flexibility index (Phi) is 9.64. The first-order valence-electron chi connectivity index (χ1n) is 8.97. The van der Waals surface area contributed by atoms with Gasteiger partial charge in [0.15, 0.2) is 5.65 Å². The number of anilines is 1. The molecule has 9 heteroatoms. The van der Waals surface area contributed by atoms with Gasteiger partial charge in [-0.2, -0.15) is 0 Å². The van der Waals surface area contributed by atoms with Gasteiger partial charge in [0, 0.05) is 48.3 Å². The Labute approximate surface area is 179 Å². The number of aryl methyl sites for hydroxylation is 1. The zero-order chi connectivity index (χ0) is 20.4. The van der Waals surface area contributed by atoms with Gasteiger partial charge in [-0.3, -0.25) is 4.40 Å². The Balaban J connectivity index is 0.000000200. The number of nitrogens with two attached hydrogens (primary N) is 1. The number of aromatic nitrogens is 3. The summed E-state index contributed by atoms with van der Waals surface area (Å²) in [4.78, 5) is 13.8. The molecule has 0 radical (unpaired) electrons. The molecule has 152 valence electrons. The van der Waals surface area contributed by atoms with Crippen molar-refractivity contribution in [3.63, 3.8) is 0 Å². The molecule has 0 fully saturated rings. The Hall–Kier alpha value is -1.73. The van der Waals surface area contributed by atoms with Gasteiger partial charge in [0.05, 0.1) is 0 Å². The molecule has 1 aromatic carbocycles. The highest BCUT2D eigenvalue weighted by atomic mass is 35.5. The van der Waals surface area contributed by atoms with Crippen LogP contribution in [0.4, 0.5) is 5.69 Å². The summed E-state index contributed by atoms with van der Waals surface area (Å²) in [6.07, 6.45) is 2.48. The highest BCUT2D eigenvalue weighted by Crippen LogP contribution is 2.19. The number of nitrogens with zero attached hydrogens (tertiary/aromatic N) is 4. The van der Waals surface area contributed by atoms with Gasteiger partial charge in [-0.25, -0.2) is 9.48 Å². The number of benzene rings is 1. The maximum atomic E-state index is 11.7. The highest BCUT2D eigenvalue weighted by Gasteiger charge is 2.05. The van der Waals surface area contributed by atoms with Crippen LogP contribution in [0.5, 0.6) is 0 Å². The van der Waals surface area contributed by atoms with Crippen molar-refractivity contribution in [3.05, 3.63) is 64.2 Å². The lowest BCUT2D eigenvalue weighted by atomic mass is 10.3. The van der Waals surface area contributed by atoms with Crippen LogP contribution in [0.3, 0.4) is 0 Å². The Morgan fingerprint density at radius 1 is 1.07 bits per heavy atom. The first-order chi connectivity index (χ1) is 13.6. The number of hydrogen-bond donors (Lipinski definition) is 1. The van der Waals surface area contributed by atoms with E-state index in [0.717, 1.165) is 30.2 Å². The van der Waals surface area contributed by atoms with E-state index in [0.29, 0.717) is 30.5 Å². The standard InChI is InChI=1S/C10H12Cl3N.C9H12N4O/c11-4-6-14(7-5-12)10-3-1-2-9(13)8-10;10-5-3-7-13-9(14)12-6-2-1-4-8(12)11-13/h1-3,8H,4-7H2;1-2,4,6H,3,5,7,10H2. The molecule has 2 heterocycles. The molecule has 3 aromatic rings. The third-order valence-electron chi connectivity index (χ3n) is 3.94. The maximum absolute atomic E-state index is 11.7. The molecule has 0 aliphatic carbocycles. The van der Waals surface area contributed by atoms with Gasteiger partial charge >= 0.3 is 5.69 Å². The highest BCUT2D eigenvalue weighted by molar-refractivity contribution is 6.30. The van der Waals surface area contributed by atoms with Crippen molar-refractivity contribution in [2.45, 2.75) is 13.0 Å². The van der Waals surface area contributed by atoms with Crippen molar-refractivity contribution in [3.8, 4) is 0 Å². The van der Waals surface area contributed by atoms with Gasteiger partial charge in [0.2, 0.25) is 0 Å². The zero-order valence-corrected chi connectivity index (χ0v) is 17.7. The summed E-state index contributed by atoms with van der Waals surface area (Å²) in [5.41, 5.74) is 7.01. The third kappa shape index (κ3) is 6.41. The fraction of sp³-hybridized carbons (Fsp3) is 0.368. The van der Waals surface area contributed by atoms with Crippen molar-refractivity contribution in [2.75, 3.05) is 36.3 Å². The molecule has 2 aromatic heterocycles. The molecule has 2 N–H and O–H groups in total. The second-order valence-corrected chi connectivity index (χ2v) is 7.11. The summed E-state index contributed by atoms with van der Waals surface area (Å²) >= 11 is 17.3. The minimum Gasteiger partial charge on any atom is -0.369 e. The summed E-state index contributed by atoms with van der Waals surface area (Å²) in [5, 5.41) is 4.89. The number of halogens is 3. The van der Waals surface area contributed by atoms with E-state index in [2.05, 4.69) is 10.00 Å². The molecule has 0 saturated heterocycles. The quantitative estimate of drug-likeness (QED) is 0.540. The smallest absolute Gasteiger partial charge is 0.350 e. The van der Waals surface area contributed by atoms with Gasteiger partial charge in [-0.1, -0.05) is 23.7 Å². The lowest BCUT2D eigenvalue weighted by Crippen LogP contribution is -2.27. The van der Waals surface area contributed by atoms with Crippen LogP contribution in [0.1, 0.15) is 6.42 Å². The molecule has 6 nitrogen and oxygen atoms in total. The van der Waals surface area contributed by atoms with Crippen LogP contribution in [0, 0.1) is 0 Å². The van der Waals surface area contributed by atoms with Crippen molar-refractivity contribution in [1.82, 2.24) is 14.2 Å². The van der Waals surface area contributed by atoms with Crippen molar-refractivity contribution in [2.24, 2.45) is 5.73 Å². The fourth-order valence-corrected chi connectivity index (χ4v) is 3.19. The first-order valence-corrected chi connectivity index (χ1v) is 10.4. The number of pyridine rings is 1. The van der Waals surface area contributed by atoms with Crippen LogP contribution in [-0.4, -0.2) is 45.6 Å². The van der Waals surface area contributed by atoms with Gasteiger partial charge in [-0.15, -0.1) is 28.3 Å². The molecule has 0 saturated carbocycles. The molecule has 0 atom stereocenters. The molecule has 0 unspecified atom stereocenters. The molecule has 0 bridgehead atoms. The summed E-state index contributed by atoms with van der Waals surface area (Å²) in [6, 6.07) is 13.2. The molecule has 28 heavy (non-hydrogen) atoms. The molecular weight excluding hydrogens is 421 g/mol. The minimum atomic E-state index is -0.103. The second-order valence-electron chi connectivity index (χ2n) is 5.92. The minimum absolute atomic E-state index is 0.103. The average Bonchev–Trinajstić information content (AvgIpc) is 3.03. The molecule has 0 aliphatic rings. The summed E-state index contributed by atoms with van der Waals surface area (Å²) in [5.74, 6) is 1.17. The lowest BCUT2D eigenvalue weighted by molar-refractivity contribution is 0.566. The van der Waals surface area contributed by atoms with E-state index in [4.69, 9.17) is 40.5 Å². The van der Waals surface area contributed by atoms with E-state index in [1.54, 1.807) is 12.3 Å². The number of alkyl halides is 2. The summed E-state index contributed by atoms with van der Waals surface area (Å²) < 4.78 is 2.97. The van der Waals surface area contributed by atoms with Crippen molar-refractivity contribution < 1.29 is 0 Å². The van der Waals surface area contributed by atoms with E-state index >= 15 is 0 Å². The lowest BCUT2D eigenvalue weighted by Gasteiger charge is -2.22. The zero-order valence-electron chi connectivity index (χ0n) is 15.5. The monoisotopic (exact) mass is 443 g/mol. The molecule has 0 aliphatic heterocycles. The van der Waals surface area contributed by atoms with E-state index in [-0.39, 0.29) is 5.69 Å². The van der Waals surface area contributed by atoms with E-state index < -0.39 is 0 Å².